The minimum Gasteiger partial charge on any atom is -0.381 e. The number of hydrogen-bond acceptors (Lipinski definition) is 5. The van der Waals surface area contributed by atoms with Gasteiger partial charge in [-0.05, 0) is 24.9 Å². The average molecular weight is 272 g/mol. The highest BCUT2D eigenvalue weighted by atomic mass is 32.1. The predicted molar refractivity (Wildman–Crippen MR) is 73.0 cm³/mol. The monoisotopic (exact) mass is 272 g/mol. The van der Waals surface area contributed by atoms with Crippen molar-refractivity contribution in [3.63, 3.8) is 0 Å². The number of nitrogens with zero attached hydrogens (tertiary/aromatic N) is 1. The fourth-order valence-corrected chi connectivity index (χ4v) is 2.18. The molecule has 0 fully saturated rings. The maximum Gasteiger partial charge on any atom is 0.324 e. The third-order valence-corrected chi connectivity index (χ3v) is 3.26. The van der Waals surface area contributed by atoms with E-state index in [1.54, 1.807) is 12.1 Å². The summed E-state index contributed by atoms with van der Waals surface area (Å²) in [6, 6.07) is 3.35. The van der Waals surface area contributed by atoms with Gasteiger partial charge in [-0.15, -0.1) is 0 Å². The first-order valence-electron chi connectivity index (χ1n) is 6.11. The molecule has 0 unspecified atom stereocenters. The largest absolute Gasteiger partial charge is 0.381 e. The fourth-order valence-electron chi connectivity index (χ4n) is 1.39. The van der Waals surface area contributed by atoms with Crippen LogP contribution in [0.1, 0.15) is 25.1 Å². The SMILES string of the molecule is CC(C)COCCCNCc1ccc([N+](=O)[O-])s1. The lowest BCUT2D eigenvalue weighted by molar-refractivity contribution is -0.380. The Morgan fingerprint density at radius 3 is 2.89 bits per heavy atom. The fraction of sp³-hybridized carbons (Fsp3) is 0.667. The van der Waals surface area contributed by atoms with Gasteiger partial charge in [0.2, 0.25) is 0 Å². The second kappa shape index (κ2) is 8.18. The Labute approximate surface area is 111 Å². The highest BCUT2D eigenvalue weighted by molar-refractivity contribution is 7.15. The predicted octanol–water partition coefficient (Wildman–Crippen LogP) is 2.81. The first-order valence-corrected chi connectivity index (χ1v) is 6.93. The van der Waals surface area contributed by atoms with Gasteiger partial charge in [-0.1, -0.05) is 25.2 Å². The zero-order valence-corrected chi connectivity index (χ0v) is 11.7. The normalized spacial score (nSPS) is 11.1. The molecule has 5 nitrogen and oxygen atoms in total. The molecule has 1 aromatic rings. The van der Waals surface area contributed by atoms with Gasteiger partial charge in [0.1, 0.15) is 0 Å². The van der Waals surface area contributed by atoms with Gasteiger partial charge in [-0.2, -0.15) is 0 Å². The van der Waals surface area contributed by atoms with Crippen molar-refractivity contribution in [1.29, 1.82) is 0 Å². The molecule has 0 aromatic carbocycles. The van der Waals surface area contributed by atoms with Crippen LogP contribution in [-0.2, 0) is 11.3 Å². The lowest BCUT2D eigenvalue weighted by atomic mass is 10.2. The number of thiophene rings is 1. The van der Waals surface area contributed by atoms with Gasteiger partial charge < -0.3 is 10.1 Å². The van der Waals surface area contributed by atoms with Crippen LogP contribution in [0.4, 0.5) is 5.00 Å². The van der Waals surface area contributed by atoms with Gasteiger partial charge in [0.05, 0.1) is 4.92 Å². The van der Waals surface area contributed by atoms with Gasteiger partial charge in [0, 0.05) is 30.7 Å². The van der Waals surface area contributed by atoms with Gasteiger partial charge in [-0.3, -0.25) is 10.1 Å². The van der Waals surface area contributed by atoms with Gasteiger partial charge in [0.15, 0.2) is 0 Å². The van der Waals surface area contributed by atoms with E-state index in [1.165, 1.54) is 11.3 Å². The summed E-state index contributed by atoms with van der Waals surface area (Å²) in [5.41, 5.74) is 0. The van der Waals surface area contributed by atoms with Crippen molar-refractivity contribution < 1.29 is 9.66 Å². The molecule has 0 bridgehead atoms. The highest BCUT2D eigenvalue weighted by Crippen LogP contribution is 2.23. The maximum atomic E-state index is 10.5. The molecule has 0 aliphatic rings. The zero-order chi connectivity index (χ0) is 13.4. The van der Waals surface area contributed by atoms with E-state index < -0.39 is 0 Å². The molecule has 0 amide bonds. The van der Waals surface area contributed by atoms with E-state index >= 15 is 0 Å². The van der Waals surface area contributed by atoms with Crippen LogP contribution in [0.5, 0.6) is 0 Å². The van der Waals surface area contributed by atoms with E-state index in [9.17, 15) is 10.1 Å². The van der Waals surface area contributed by atoms with E-state index in [1.807, 2.05) is 0 Å². The van der Waals surface area contributed by atoms with Crippen LogP contribution in [0.2, 0.25) is 0 Å². The van der Waals surface area contributed by atoms with Crippen LogP contribution >= 0.6 is 11.3 Å². The van der Waals surface area contributed by atoms with E-state index in [2.05, 4.69) is 19.2 Å². The third kappa shape index (κ3) is 6.09. The average Bonchev–Trinajstić information content (AvgIpc) is 2.76. The van der Waals surface area contributed by atoms with Gasteiger partial charge in [-0.25, -0.2) is 0 Å². The summed E-state index contributed by atoms with van der Waals surface area (Å²) in [6.07, 6.45) is 0.959. The molecule has 0 saturated heterocycles. The molecule has 0 atom stereocenters. The lowest BCUT2D eigenvalue weighted by Gasteiger charge is -2.06. The minimum absolute atomic E-state index is 0.201. The second-order valence-corrected chi connectivity index (χ2v) is 5.64. The number of ether oxygens (including phenoxy) is 1. The van der Waals surface area contributed by atoms with Crippen LogP contribution in [0.15, 0.2) is 12.1 Å². The number of nitrogens with one attached hydrogen (secondary N) is 1. The standard InChI is InChI=1S/C12H20N2O3S/c1-10(2)9-17-7-3-6-13-8-11-4-5-12(18-11)14(15)16/h4-5,10,13H,3,6-9H2,1-2H3. The van der Waals surface area contributed by atoms with Crippen LogP contribution in [0.25, 0.3) is 0 Å². The molecule has 1 rings (SSSR count). The molecule has 1 N–H and O–H groups in total. The molecule has 0 radical (unpaired) electrons. The molecule has 1 heterocycles. The molecular weight excluding hydrogens is 252 g/mol. The topological polar surface area (TPSA) is 64.4 Å². The Morgan fingerprint density at radius 2 is 2.28 bits per heavy atom. The summed E-state index contributed by atoms with van der Waals surface area (Å²) in [5, 5.41) is 13.9. The lowest BCUT2D eigenvalue weighted by Crippen LogP contribution is -2.16. The molecule has 102 valence electrons. The van der Waals surface area contributed by atoms with Gasteiger partial charge in [0.25, 0.3) is 0 Å². The van der Waals surface area contributed by atoms with Crippen molar-refractivity contribution in [3.05, 3.63) is 27.1 Å². The quantitative estimate of drug-likeness (QED) is 0.426. The van der Waals surface area contributed by atoms with E-state index in [4.69, 9.17) is 4.74 Å². The number of hydrogen-bond donors (Lipinski definition) is 1. The van der Waals surface area contributed by atoms with Gasteiger partial charge >= 0.3 is 5.00 Å². The van der Waals surface area contributed by atoms with Crippen molar-refractivity contribution in [3.8, 4) is 0 Å². The number of nitro groups is 1. The highest BCUT2D eigenvalue weighted by Gasteiger charge is 2.08. The summed E-state index contributed by atoms with van der Waals surface area (Å²) >= 11 is 1.22. The summed E-state index contributed by atoms with van der Waals surface area (Å²) in [6.45, 7) is 7.36. The third-order valence-electron chi connectivity index (χ3n) is 2.22. The minimum atomic E-state index is -0.353. The summed E-state index contributed by atoms with van der Waals surface area (Å²) in [4.78, 5) is 11.1. The zero-order valence-electron chi connectivity index (χ0n) is 10.8. The Balaban J connectivity index is 2.05. The molecule has 18 heavy (non-hydrogen) atoms. The van der Waals surface area contributed by atoms with Crippen molar-refractivity contribution in [2.45, 2.75) is 26.8 Å². The Bertz CT molecular complexity index is 366. The molecule has 0 spiro atoms. The van der Waals surface area contributed by atoms with Crippen LogP contribution in [-0.4, -0.2) is 24.7 Å². The maximum absolute atomic E-state index is 10.5. The first-order chi connectivity index (χ1) is 8.59. The smallest absolute Gasteiger partial charge is 0.324 e. The Kier molecular flexibility index (Phi) is 6.85. The molecule has 1 aromatic heterocycles. The van der Waals surface area contributed by atoms with Crippen LogP contribution in [0.3, 0.4) is 0 Å². The summed E-state index contributed by atoms with van der Waals surface area (Å²) < 4.78 is 5.46. The summed E-state index contributed by atoms with van der Waals surface area (Å²) in [5.74, 6) is 0.574. The Hall–Kier alpha value is -0.980. The molecule has 0 saturated carbocycles. The molecular formula is C12H20N2O3S. The Morgan fingerprint density at radius 1 is 1.50 bits per heavy atom. The van der Waals surface area contributed by atoms with E-state index in [0.29, 0.717) is 12.5 Å². The van der Waals surface area contributed by atoms with Crippen molar-refractivity contribution in [2.24, 2.45) is 5.92 Å². The van der Waals surface area contributed by atoms with Crippen molar-refractivity contribution >= 4 is 16.3 Å². The van der Waals surface area contributed by atoms with Crippen LogP contribution < -0.4 is 5.32 Å². The molecule has 0 aliphatic carbocycles. The van der Waals surface area contributed by atoms with E-state index in [0.717, 1.165) is 31.1 Å². The molecule has 0 aliphatic heterocycles. The second-order valence-electron chi connectivity index (χ2n) is 4.50. The van der Waals surface area contributed by atoms with Crippen molar-refractivity contribution in [2.75, 3.05) is 19.8 Å². The number of rotatable bonds is 9. The van der Waals surface area contributed by atoms with Crippen LogP contribution in [0, 0.1) is 16.0 Å². The van der Waals surface area contributed by atoms with Crippen molar-refractivity contribution in [1.82, 2.24) is 5.32 Å². The van der Waals surface area contributed by atoms with E-state index in [-0.39, 0.29) is 9.92 Å². The molecule has 6 heteroatoms. The summed E-state index contributed by atoms with van der Waals surface area (Å²) in [7, 11) is 0. The first kappa shape index (κ1) is 15.1.